The van der Waals surface area contributed by atoms with Crippen LogP contribution in [0.1, 0.15) is 6.92 Å². The molecule has 0 spiro atoms. The van der Waals surface area contributed by atoms with Crippen molar-refractivity contribution in [3.63, 3.8) is 0 Å². The molecule has 0 radical (unpaired) electrons. The van der Waals surface area contributed by atoms with Gasteiger partial charge in [-0.1, -0.05) is 0 Å². The predicted octanol–water partition coefficient (Wildman–Crippen LogP) is 4.51. The largest absolute Gasteiger partial charge is 0.324 e. The van der Waals surface area contributed by atoms with Crippen molar-refractivity contribution in [1.82, 2.24) is 39.5 Å². The van der Waals surface area contributed by atoms with Crippen LogP contribution >= 0.6 is 15.9 Å². The van der Waals surface area contributed by atoms with Crippen LogP contribution in [-0.4, -0.2) is 39.5 Å². The Balaban J connectivity index is 1.43. The fourth-order valence-electron chi connectivity index (χ4n) is 3.25. The summed E-state index contributed by atoms with van der Waals surface area (Å²) in [5.41, 5.74) is 5.26. The van der Waals surface area contributed by atoms with Crippen LogP contribution in [0.15, 0.2) is 78.3 Å². The van der Waals surface area contributed by atoms with Gasteiger partial charge >= 0.3 is 0 Å². The number of nitrogens with zero attached hydrogens (tertiary/aromatic N) is 8. The zero-order chi connectivity index (χ0) is 21.9. The Morgan fingerprint density at radius 1 is 1.00 bits per heavy atom. The molecule has 4 aromatic heterocycles. The van der Waals surface area contributed by atoms with Gasteiger partial charge in [0.05, 0.1) is 11.4 Å². The zero-order valence-electron chi connectivity index (χ0n) is 17.1. The monoisotopic (exact) mass is 487 g/mol. The molecular weight excluding hydrogens is 470 g/mol. The lowest BCUT2D eigenvalue weighted by Crippen LogP contribution is -1.99. The summed E-state index contributed by atoms with van der Waals surface area (Å²) in [6, 6.07) is 13.5. The molecule has 0 aliphatic carbocycles. The summed E-state index contributed by atoms with van der Waals surface area (Å²) in [6.07, 6.45) is 8.94. The van der Waals surface area contributed by atoms with Gasteiger partial charge < -0.3 is 5.32 Å². The second kappa shape index (κ2) is 8.67. The van der Waals surface area contributed by atoms with Crippen LogP contribution in [0.25, 0.3) is 28.2 Å². The smallest absolute Gasteiger partial charge is 0.227 e. The van der Waals surface area contributed by atoms with E-state index in [-0.39, 0.29) is 0 Å². The minimum atomic E-state index is 0.500. The van der Waals surface area contributed by atoms with Crippen molar-refractivity contribution in [2.24, 2.45) is 0 Å². The molecule has 5 aromatic rings. The highest BCUT2D eigenvalue weighted by Crippen LogP contribution is 2.30. The van der Waals surface area contributed by atoms with Crippen molar-refractivity contribution in [3.8, 4) is 28.2 Å². The minimum Gasteiger partial charge on any atom is -0.324 e. The molecule has 0 fully saturated rings. The number of aryl methyl sites for hydroxylation is 1. The second-order valence-corrected chi connectivity index (χ2v) is 7.59. The third kappa shape index (κ3) is 4.12. The van der Waals surface area contributed by atoms with Crippen LogP contribution in [0, 0.1) is 0 Å². The van der Waals surface area contributed by atoms with E-state index in [2.05, 4.69) is 48.2 Å². The fraction of sp³-hybridized carbons (Fsp3) is 0.0909. The maximum absolute atomic E-state index is 4.73. The van der Waals surface area contributed by atoms with Crippen molar-refractivity contribution in [1.29, 1.82) is 0 Å². The Kier molecular flexibility index (Phi) is 5.42. The highest BCUT2D eigenvalue weighted by molar-refractivity contribution is 9.10. The predicted molar refractivity (Wildman–Crippen MR) is 124 cm³/mol. The van der Waals surface area contributed by atoms with Gasteiger partial charge in [-0.2, -0.15) is 5.10 Å². The molecule has 0 saturated carbocycles. The molecule has 9 nitrogen and oxygen atoms in total. The second-order valence-electron chi connectivity index (χ2n) is 6.88. The number of aromatic nitrogens is 8. The zero-order valence-corrected chi connectivity index (χ0v) is 18.7. The van der Waals surface area contributed by atoms with Gasteiger partial charge in [0.2, 0.25) is 10.7 Å². The normalized spacial score (nSPS) is 10.9. The molecular formula is C22H18BrN9. The maximum Gasteiger partial charge on any atom is 0.227 e. The molecule has 1 N–H and O–H groups in total. The number of anilines is 2. The number of halogens is 1. The average Bonchev–Trinajstić information content (AvgIpc) is 3.47. The number of hydrogen-bond acceptors (Lipinski definition) is 7. The van der Waals surface area contributed by atoms with E-state index in [1.54, 1.807) is 29.6 Å². The number of benzene rings is 1. The van der Waals surface area contributed by atoms with Gasteiger partial charge in [0, 0.05) is 48.1 Å². The Labute approximate surface area is 192 Å². The van der Waals surface area contributed by atoms with E-state index >= 15 is 0 Å². The first-order valence-corrected chi connectivity index (χ1v) is 10.7. The van der Waals surface area contributed by atoms with E-state index in [1.165, 1.54) is 0 Å². The van der Waals surface area contributed by atoms with Crippen LogP contribution in [0.3, 0.4) is 0 Å². The molecule has 0 bridgehead atoms. The lowest BCUT2D eigenvalue weighted by atomic mass is 10.1. The third-order valence-electron chi connectivity index (χ3n) is 4.80. The molecule has 0 unspecified atom stereocenters. The summed E-state index contributed by atoms with van der Waals surface area (Å²) in [5, 5.41) is 12.2. The lowest BCUT2D eigenvalue weighted by molar-refractivity contribution is 0.662. The summed E-state index contributed by atoms with van der Waals surface area (Å²) in [7, 11) is 0. The van der Waals surface area contributed by atoms with Crippen molar-refractivity contribution >= 4 is 27.6 Å². The Hall–Kier alpha value is -3.92. The Morgan fingerprint density at radius 2 is 1.88 bits per heavy atom. The van der Waals surface area contributed by atoms with Gasteiger partial charge in [0.15, 0.2) is 0 Å². The van der Waals surface area contributed by atoms with E-state index in [0.29, 0.717) is 10.7 Å². The van der Waals surface area contributed by atoms with Crippen molar-refractivity contribution in [2.75, 3.05) is 5.32 Å². The number of rotatable bonds is 6. The van der Waals surface area contributed by atoms with Crippen LogP contribution in [0.2, 0.25) is 0 Å². The molecule has 1 aromatic carbocycles. The van der Waals surface area contributed by atoms with E-state index in [1.807, 2.05) is 53.3 Å². The summed E-state index contributed by atoms with van der Waals surface area (Å²) < 4.78 is 4.13. The minimum absolute atomic E-state index is 0.500. The first kappa shape index (κ1) is 20.0. The first-order valence-electron chi connectivity index (χ1n) is 9.95. The molecule has 158 valence electrons. The van der Waals surface area contributed by atoms with Crippen LogP contribution in [0.4, 0.5) is 11.6 Å². The summed E-state index contributed by atoms with van der Waals surface area (Å²) >= 11 is 3.26. The molecule has 0 aliphatic heterocycles. The van der Waals surface area contributed by atoms with E-state index in [0.717, 1.165) is 40.4 Å². The topological polar surface area (TPSA) is 99.2 Å². The van der Waals surface area contributed by atoms with Gasteiger partial charge in [0.25, 0.3) is 0 Å². The highest BCUT2D eigenvalue weighted by Gasteiger charge is 2.15. The molecule has 5 rings (SSSR count). The molecule has 0 aliphatic rings. The number of pyridine rings is 1. The van der Waals surface area contributed by atoms with Gasteiger partial charge in [-0.05, 0) is 65.3 Å². The Bertz CT molecular complexity index is 1340. The van der Waals surface area contributed by atoms with E-state index in [4.69, 9.17) is 10.1 Å². The molecule has 10 heteroatoms. The fourth-order valence-corrected chi connectivity index (χ4v) is 3.51. The lowest BCUT2D eigenvalue weighted by Gasteiger charge is -2.08. The van der Waals surface area contributed by atoms with Gasteiger partial charge in [-0.25, -0.2) is 19.6 Å². The van der Waals surface area contributed by atoms with Crippen LogP contribution in [0.5, 0.6) is 0 Å². The molecule has 4 heterocycles. The van der Waals surface area contributed by atoms with Crippen LogP contribution < -0.4 is 5.32 Å². The van der Waals surface area contributed by atoms with Crippen LogP contribution in [-0.2, 0) is 6.54 Å². The van der Waals surface area contributed by atoms with Gasteiger partial charge in [0.1, 0.15) is 12.0 Å². The number of hydrogen-bond donors (Lipinski definition) is 1. The van der Waals surface area contributed by atoms with Gasteiger partial charge in [-0.15, -0.1) is 5.10 Å². The average molecular weight is 488 g/mol. The van der Waals surface area contributed by atoms with Crippen molar-refractivity contribution in [3.05, 3.63) is 78.3 Å². The summed E-state index contributed by atoms with van der Waals surface area (Å²) in [5.74, 6) is 0.500. The molecule has 0 amide bonds. The first-order chi connectivity index (χ1) is 15.7. The standard InChI is InChI=1S/C22H18BrN9/c1-2-31-13-18(20(29-31)15-4-3-10-24-12-15)19-9-11-25-22(28-19)27-16-5-7-17(8-6-16)32-14-26-21(23)30-32/h3-14H,2H2,1H3,(H,25,27,28). The van der Waals surface area contributed by atoms with E-state index < -0.39 is 0 Å². The third-order valence-corrected chi connectivity index (χ3v) is 5.17. The van der Waals surface area contributed by atoms with Crippen molar-refractivity contribution in [2.45, 2.75) is 13.5 Å². The summed E-state index contributed by atoms with van der Waals surface area (Å²) in [6.45, 7) is 2.82. The summed E-state index contributed by atoms with van der Waals surface area (Å²) in [4.78, 5) is 17.4. The Morgan fingerprint density at radius 3 is 2.59 bits per heavy atom. The maximum atomic E-state index is 4.73. The molecule has 0 atom stereocenters. The highest BCUT2D eigenvalue weighted by atomic mass is 79.9. The quantitative estimate of drug-likeness (QED) is 0.376. The SMILES string of the molecule is CCn1cc(-c2ccnc(Nc3ccc(-n4cnc(Br)n4)cc3)n2)c(-c2cccnc2)n1. The van der Waals surface area contributed by atoms with Crippen molar-refractivity contribution < 1.29 is 0 Å². The number of nitrogens with one attached hydrogen (secondary N) is 1. The molecule has 32 heavy (non-hydrogen) atoms. The van der Waals surface area contributed by atoms with E-state index in [9.17, 15) is 0 Å². The molecule has 0 saturated heterocycles. The van der Waals surface area contributed by atoms with Gasteiger partial charge in [-0.3, -0.25) is 9.67 Å².